The van der Waals surface area contributed by atoms with Gasteiger partial charge in [0.25, 0.3) is 0 Å². The van der Waals surface area contributed by atoms with Crippen molar-refractivity contribution in [3.8, 4) is 5.75 Å². The number of benzene rings is 1. The van der Waals surface area contributed by atoms with Gasteiger partial charge in [-0.05, 0) is 68.7 Å². The van der Waals surface area contributed by atoms with Crippen LogP contribution in [0.1, 0.15) is 65.4 Å². The van der Waals surface area contributed by atoms with E-state index in [0.29, 0.717) is 5.75 Å². The third-order valence-corrected chi connectivity index (χ3v) is 5.28. The van der Waals surface area contributed by atoms with E-state index in [1.807, 2.05) is 6.92 Å². The fraction of sp³-hybridized carbons (Fsp3) is 0.550. The van der Waals surface area contributed by atoms with E-state index < -0.39 is 0 Å². The molecule has 0 atom stereocenters. The fourth-order valence-corrected chi connectivity index (χ4v) is 3.88. The number of aromatic hydroxyl groups is 1. The number of fused-ring (bicyclic) bond motifs is 1. The Morgan fingerprint density at radius 1 is 1.17 bits per heavy atom. The summed E-state index contributed by atoms with van der Waals surface area (Å²) in [7, 11) is 0. The van der Waals surface area contributed by atoms with Crippen LogP contribution < -0.4 is 0 Å². The number of phenolic OH excluding ortho intramolecular Hbond substituents is 1. The van der Waals surface area contributed by atoms with Crippen LogP contribution in [0.3, 0.4) is 0 Å². The molecule has 24 heavy (non-hydrogen) atoms. The molecule has 0 saturated heterocycles. The van der Waals surface area contributed by atoms with Crippen LogP contribution in [0.25, 0.3) is 0 Å². The number of rotatable bonds is 5. The van der Waals surface area contributed by atoms with E-state index in [2.05, 4.69) is 31.5 Å². The quantitative estimate of drug-likeness (QED) is 0.845. The Hall–Kier alpha value is -0.770. The van der Waals surface area contributed by atoms with Gasteiger partial charge in [-0.3, -0.25) is 4.68 Å². The van der Waals surface area contributed by atoms with Crippen LogP contribution in [0.5, 0.6) is 5.75 Å². The molecule has 0 radical (unpaired) electrons. The van der Waals surface area contributed by atoms with Crippen molar-refractivity contribution in [2.24, 2.45) is 0 Å². The molecule has 1 aliphatic carbocycles. The van der Waals surface area contributed by atoms with Crippen molar-refractivity contribution in [2.75, 3.05) is 0 Å². The molecule has 0 spiro atoms. The zero-order valence-corrected chi connectivity index (χ0v) is 14.9. The van der Waals surface area contributed by atoms with E-state index in [4.69, 9.17) is 5.10 Å². The SMILES string of the molecule is CCCCn1nc(C)c(Cc2cc(C)c(O)c3c2CCC3)c1C.[NaH]. The van der Waals surface area contributed by atoms with Gasteiger partial charge in [0.15, 0.2) is 0 Å². The van der Waals surface area contributed by atoms with Gasteiger partial charge < -0.3 is 5.11 Å². The molecule has 1 N–H and O–H groups in total. The summed E-state index contributed by atoms with van der Waals surface area (Å²) in [6, 6.07) is 2.18. The Labute approximate surface area is 167 Å². The van der Waals surface area contributed by atoms with E-state index >= 15 is 0 Å². The molecule has 1 aromatic heterocycles. The average Bonchev–Trinajstić information content (AvgIpc) is 3.11. The number of hydrogen-bond acceptors (Lipinski definition) is 2. The first-order chi connectivity index (χ1) is 11.0. The maximum absolute atomic E-state index is 10.3. The van der Waals surface area contributed by atoms with Gasteiger partial charge in [0.1, 0.15) is 5.75 Å². The van der Waals surface area contributed by atoms with Crippen molar-refractivity contribution in [1.82, 2.24) is 9.78 Å². The molecule has 2 aromatic rings. The van der Waals surface area contributed by atoms with Crippen LogP contribution in [0.15, 0.2) is 6.07 Å². The van der Waals surface area contributed by atoms with Crippen LogP contribution in [0, 0.1) is 20.8 Å². The standard InChI is InChI=1S/C20H28N2O.Na.H/c1-5-6-10-22-15(4)19(14(3)21-22)12-16-11-13(2)20(23)18-9-7-8-17(16)18;;/h11,23H,5-10,12H2,1-4H3;;. The second-order valence-electron chi connectivity index (χ2n) is 6.91. The zero-order valence-electron chi connectivity index (χ0n) is 14.9. The number of unbranched alkanes of at least 4 members (excludes halogenated alkanes) is 1. The number of nitrogens with zero attached hydrogens (tertiary/aromatic N) is 2. The van der Waals surface area contributed by atoms with E-state index in [1.54, 1.807) is 0 Å². The summed E-state index contributed by atoms with van der Waals surface area (Å²) < 4.78 is 2.17. The number of hydrogen-bond donors (Lipinski definition) is 1. The number of aromatic nitrogens is 2. The van der Waals surface area contributed by atoms with Crippen molar-refractivity contribution >= 4 is 29.6 Å². The molecular weight excluding hydrogens is 307 g/mol. The van der Waals surface area contributed by atoms with Crippen LogP contribution >= 0.6 is 0 Å². The van der Waals surface area contributed by atoms with Crippen molar-refractivity contribution in [1.29, 1.82) is 0 Å². The van der Waals surface area contributed by atoms with Crippen LogP contribution in [-0.4, -0.2) is 44.4 Å². The molecule has 3 nitrogen and oxygen atoms in total. The van der Waals surface area contributed by atoms with Gasteiger partial charge in [0.05, 0.1) is 5.69 Å². The predicted molar refractivity (Wildman–Crippen MR) is 101 cm³/mol. The Bertz CT molecular complexity index is 734. The average molecular weight is 336 g/mol. The van der Waals surface area contributed by atoms with Gasteiger partial charge in [-0.1, -0.05) is 19.4 Å². The summed E-state index contributed by atoms with van der Waals surface area (Å²) in [5.41, 5.74) is 8.77. The first kappa shape index (κ1) is 19.6. The van der Waals surface area contributed by atoms with Crippen molar-refractivity contribution in [3.05, 3.63) is 45.3 Å². The fourth-order valence-electron chi connectivity index (χ4n) is 3.88. The first-order valence-corrected chi connectivity index (χ1v) is 8.89. The Morgan fingerprint density at radius 2 is 1.88 bits per heavy atom. The van der Waals surface area contributed by atoms with Gasteiger partial charge in [-0.2, -0.15) is 5.10 Å². The molecule has 0 saturated carbocycles. The van der Waals surface area contributed by atoms with Crippen molar-refractivity contribution < 1.29 is 5.11 Å². The molecule has 0 aliphatic heterocycles. The van der Waals surface area contributed by atoms with Gasteiger partial charge in [0, 0.05) is 24.2 Å². The van der Waals surface area contributed by atoms with Crippen LogP contribution in [-0.2, 0) is 25.8 Å². The number of aryl methyl sites for hydroxylation is 3. The molecule has 126 valence electrons. The summed E-state index contributed by atoms with van der Waals surface area (Å²) in [4.78, 5) is 0. The maximum atomic E-state index is 10.3. The summed E-state index contributed by atoms with van der Waals surface area (Å²) in [6.07, 6.45) is 6.58. The van der Waals surface area contributed by atoms with E-state index in [9.17, 15) is 5.11 Å². The normalized spacial score (nSPS) is 13.0. The van der Waals surface area contributed by atoms with Crippen molar-refractivity contribution in [2.45, 2.75) is 72.8 Å². The summed E-state index contributed by atoms with van der Waals surface area (Å²) in [6.45, 7) is 9.56. The second kappa shape index (κ2) is 8.07. The third-order valence-electron chi connectivity index (χ3n) is 5.28. The summed E-state index contributed by atoms with van der Waals surface area (Å²) in [5.74, 6) is 0.522. The molecule has 0 bridgehead atoms. The Kier molecular flexibility index (Phi) is 6.58. The third kappa shape index (κ3) is 3.58. The molecule has 1 aliphatic rings. The first-order valence-electron chi connectivity index (χ1n) is 8.89. The molecule has 0 amide bonds. The minimum absolute atomic E-state index is 0. The van der Waals surface area contributed by atoms with E-state index in [0.717, 1.165) is 43.5 Å². The van der Waals surface area contributed by atoms with Gasteiger partial charge in [-0.15, -0.1) is 0 Å². The minimum atomic E-state index is 0. The van der Waals surface area contributed by atoms with E-state index in [-0.39, 0.29) is 29.6 Å². The van der Waals surface area contributed by atoms with Crippen molar-refractivity contribution in [3.63, 3.8) is 0 Å². The zero-order chi connectivity index (χ0) is 16.6. The van der Waals surface area contributed by atoms with E-state index in [1.165, 1.54) is 40.8 Å². The Balaban J connectivity index is 0.00000208. The molecule has 1 aromatic carbocycles. The van der Waals surface area contributed by atoms with Crippen LogP contribution in [0.2, 0.25) is 0 Å². The molecule has 0 unspecified atom stereocenters. The molecule has 1 heterocycles. The molecule has 3 rings (SSSR count). The number of phenols is 1. The van der Waals surface area contributed by atoms with Crippen LogP contribution in [0.4, 0.5) is 0 Å². The topological polar surface area (TPSA) is 38.0 Å². The summed E-state index contributed by atoms with van der Waals surface area (Å²) >= 11 is 0. The predicted octanol–water partition coefficient (Wildman–Crippen LogP) is 3.75. The summed E-state index contributed by atoms with van der Waals surface area (Å²) in [5, 5.41) is 15.0. The molecule has 0 fully saturated rings. The second-order valence-corrected chi connectivity index (χ2v) is 6.91. The Morgan fingerprint density at radius 3 is 2.58 bits per heavy atom. The van der Waals surface area contributed by atoms with Gasteiger partial charge in [0.2, 0.25) is 0 Å². The molecule has 4 heteroatoms. The molecular formula is C20H29N2NaO. The monoisotopic (exact) mass is 336 g/mol. The van der Waals surface area contributed by atoms with Gasteiger partial charge in [-0.25, -0.2) is 0 Å². The van der Waals surface area contributed by atoms with Gasteiger partial charge >= 0.3 is 29.6 Å².